The summed E-state index contributed by atoms with van der Waals surface area (Å²) in [6.07, 6.45) is 5.32. The number of aliphatic hydroxyl groups is 2. The Morgan fingerprint density at radius 2 is 2.07 bits per heavy atom. The zero-order valence-corrected chi connectivity index (χ0v) is 17.5. The molecule has 3 N–H and O–H groups in total. The van der Waals surface area contributed by atoms with E-state index in [2.05, 4.69) is 0 Å². The summed E-state index contributed by atoms with van der Waals surface area (Å²) in [4.78, 5) is 10.9. The van der Waals surface area contributed by atoms with E-state index in [1.807, 2.05) is 30.3 Å². The first-order chi connectivity index (χ1) is 14.5. The number of fused-ring (bicyclic) bond motifs is 1. The Hall–Kier alpha value is -1.63. The number of hydrogen-bond donors (Lipinski definition) is 3. The van der Waals surface area contributed by atoms with Crippen molar-refractivity contribution in [2.45, 2.75) is 69.7 Å². The Bertz CT molecular complexity index is 709. The molecule has 166 valence electrons. The molecule has 6 nitrogen and oxygen atoms in total. The molecule has 1 heterocycles. The van der Waals surface area contributed by atoms with Crippen molar-refractivity contribution in [3.63, 3.8) is 0 Å². The lowest BCUT2D eigenvalue weighted by Gasteiger charge is -2.24. The first kappa shape index (κ1) is 21.6. The highest BCUT2D eigenvalue weighted by atomic mass is 16.5. The van der Waals surface area contributed by atoms with Crippen molar-refractivity contribution >= 4 is 5.97 Å². The number of rotatable bonds is 9. The van der Waals surface area contributed by atoms with Crippen molar-refractivity contribution in [3.05, 3.63) is 30.3 Å². The van der Waals surface area contributed by atoms with Crippen molar-refractivity contribution in [1.82, 2.24) is 0 Å². The maximum atomic E-state index is 10.9. The molecule has 1 aromatic carbocycles. The molecule has 0 radical (unpaired) electrons. The van der Waals surface area contributed by atoms with Crippen LogP contribution in [-0.2, 0) is 9.53 Å². The van der Waals surface area contributed by atoms with Gasteiger partial charge in [-0.1, -0.05) is 18.2 Å². The molecule has 1 spiro atoms. The zero-order chi connectivity index (χ0) is 21.1. The van der Waals surface area contributed by atoms with Crippen LogP contribution in [0.5, 0.6) is 5.75 Å². The van der Waals surface area contributed by atoms with Crippen molar-refractivity contribution in [3.8, 4) is 5.75 Å². The van der Waals surface area contributed by atoms with Gasteiger partial charge in [-0.25, -0.2) is 0 Å². The Morgan fingerprint density at radius 1 is 1.27 bits per heavy atom. The van der Waals surface area contributed by atoms with Gasteiger partial charge in [0, 0.05) is 12.8 Å². The van der Waals surface area contributed by atoms with Gasteiger partial charge in [0.2, 0.25) is 0 Å². The average Bonchev–Trinajstić information content (AvgIpc) is 3.39. The molecular weight excluding hydrogens is 384 g/mol. The third-order valence-electron chi connectivity index (χ3n) is 7.64. The normalized spacial score (nSPS) is 36.1. The van der Waals surface area contributed by atoms with Crippen LogP contribution in [0.3, 0.4) is 0 Å². The van der Waals surface area contributed by atoms with E-state index in [0.717, 1.165) is 37.9 Å². The molecule has 2 unspecified atom stereocenters. The van der Waals surface area contributed by atoms with Crippen LogP contribution in [0.1, 0.15) is 51.4 Å². The van der Waals surface area contributed by atoms with Gasteiger partial charge in [-0.2, -0.15) is 0 Å². The third kappa shape index (κ3) is 4.98. The summed E-state index contributed by atoms with van der Waals surface area (Å²) in [7, 11) is 0. The fraction of sp³-hybridized carbons (Fsp3) is 0.708. The smallest absolute Gasteiger partial charge is 0.303 e. The zero-order valence-electron chi connectivity index (χ0n) is 17.5. The van der Waals surface area contributed by atoms with Gasteiger partial charge in [0.1, 0.15) is 12.4 Å². The van der Waals surface area contributed by atoms with Crippen molar-refractivity contribution in [2.75, 3.05) is 13.2 Å². The molecule has 0 amide bonds. The van der Waals surface area contributed by atoms with Crippen LogP contribution in [-0.4, -0.2) is 52.8 Å². The molecule has 0 bridgehead atoms. The summed E-state index contributed by atoms with van der Waals surface area (Å²) in [6, 6.07) is 9.48. The average molecular weight is 419 g/mol. The van der Waals surface area contributed by atoms with Gasteiger partial charge in [-0.3, -0.25) is 4.79 Å². The van der Waals surface area contributed by atoms with Crippen LogP contribution in [0.2, 0.25) is 0 Å². The maximum absolute atomic E-state index is 10.9. The van der Waals surface area contributed by atoms with Gasteiger partial charge in [-0.15, -0.1) is 0 Å². The van der Waals surface area contributed by atoms with Crippen LogP contribution < -0.4 is 4.74 Å². The van der Waals surface area contributed by atoms with Gasteiger partial charge in [-0.05, 0) is 73.8 Å². The lowest BCUT2D eigenvalue weighted by atomic mass is 9.83. The predicted molar refractivity (Wildman–Crippen MR) is 111 cm³/mol. The van der Waals surface area contributed by atoms with E-state index in [9.17, 15) is 15.0 Å². The summed E-state index contributed by atoms with van der Waals surface area (Å²) in [5.74, 6) is 0.964. The number of benzene rings is 1. The van der Waals surface area contributed by atoms with Gasteiger partial charge < -0.3 is 24.8 Å². The number of hydrogen-bond acceptors (Lipinski definition) is 5. The predicted octanol–water partition coefficient (Wildman–Crippen LogP) is 3.25. The molecule has 2 saturated carbocycles. The second kappa shape index (κ2) is 9.25. The van der Waals surface area contributed by atoms with Gasteiger partial charge in [0.25, 0.3) is 0 Å². The van der Waals surface area contributed by atoms with E-state index in [1.54, 1.807) is 0 Å². The maximum Gasteiger partial charge on any atom is 0.303 e. The van der Waals surface area contributed by atoms with Crippen molar-refractivity contribution in [2.24, 2.45) is 23.2 Å². The first-order valence-corrected chi connectivity index (χ1v) is 11.3. The summed E-state index contributed by atoms with van der Waals surface area (Å²) in [5.41, 5.74) is 0.165. The molecule has 1 aliphatic heterocycles. The molecule has 1 saturated heterocycles. The molecule has 0 aromatic heterocycles. The largest absolute Gasteiger partial charge is 0.491 e. The monoisotopic (exact) mass is 418 g/mol. The fourth-order valence-electron chi connectivity index (χ4n) is 5.74. The topological polar surface area (TPSA) is 96.2 Å². The minimum Gasteiger partial charge on any atom is -0.491 e. The molecule has 7 atom stereocenters. The number of carboxylic acids is 1. The lowest BCUT2D eigenvalue weighted by Crippen LogP contribution is -2.25. The van der Waals surface area contributed by atoms with Crippen LogP contribution in [0.4, 0.5) is 0 Å². The van der Waals surface area contributed by atoms with Crippen molar-refractivity contribution in [1.29, 1.82) is 0 Å². The number of aliphatic hydroxyl groups excluding tert-OH is 2. The van der Waals surface area contributed by atoms with E-state index in [0.29, 0.717) is 31.3 Å². The molecule has 4 rings (SSSR count). The Labute approximate surface area is 178 Å². The molecule has 2 aliphatic carbocycles. The van der Waals surface area contributed by atoms with E-state index in [4.69, 9.17) is 14.6 Å². The van der Waals surface area contributed by atoms with Crippen LogP contribution in [0.25, 0.3) is 0 Å². The lowest BCUT2D eigenvalue weighted by molar-refractivity contribution is -0.137. The number of aliphatic carboxylic acids is 1. The number of para-hydroxylation sites is 1. The second-order valence-corrected chi connectivity index (χ2v) is 9.57. The van der Waals surface area contributed by atoms with E-state index >= 15 is 0 Å². The van der Waals surface area contributed by atoms with Crippen LogP contribution in [0.15, 0.2) is 30.3 Å². The third-order valence-corrected chi connectivity index (χ3v) is 7.64. The van der Waals surface area contributed by atoms with Gasteiger partial charge >= 0.3 is 5.97 Å². The highest BCUT2D eigenvalue weighted by Crippen LogP contribution is 2.61. The molecule has 3 aliphatic rings. The van der Waals surface area contributed by atoms with Crippen LogP contribution in [0, 0.1) is 23.2 Å². The highest BCUT2D eigenvalue weighted by Gasteiger charge is 2.57. The minimum atomic E-state index is -0.721. The highest BCUT2D eigenvalue weighted by molar-refractivity contribution is 5.66. The minimum absolute atomic E-state index is 0.0859. The van der Waals surface area contributed by atoms with Gasteiger partial charge in [0.05, 0.1) is 24.9 Å². The number of carbonyl (C=O) groups is 1. The van der Waals surface area contributed by atoms with E-state index in [-0.39, 0.29) is 36.6 Å². The Morgan fingerprint density at radius 3 is 2.83 bits per heavy atom. The Balaban J connectivity index is 1.25. The first-order valence-electron chi connectivity index (χ1n) is 11.3. The molecule has 3 fully saturated rings. The van der Waals surface area contributed by atoms with Crippen LogP contribution >= 0.6 is 0 Å². The summed E-state index contributed by atoms with van der Waals surface area (Å²) in [5, 5.41) is 29.9. The van der Waals surface area contributed by atoms with Gasteiger partial charge in [0.15, 0.2) is 0 Å². The standard InChI is InChI=1S/C24H34O6/c25-17(14-29-18-4-2-1-3-5-18)7-8-19-20-10-11-24(13-16(24)6-9-23(27)28)15-30-22(20)12-21(19)26/h1-5,16-17,19-22,25-26H,6-15H2,(H,27,28)/t16?,17-,19-,20-,21-,22+,24?/m1/s1. The molecule has 6 heteroatoms. The van der Waals surface area contributed by atoms with E-state index < -0.39 is 12.1 Å². The Kier molecular flexibility index (Phi) is 6.66. The number of ether oxygens (including phenoxy) is 2. The second-order valence-electron chi connectivity index (χ2n) is 9.57. The fourth-order valence-corrected chi connectivity index (χ4v) is 5.74. The van der Waals surface area contributed by atoms with E-state index in [1.165, 1.54) is 0 Å². The summed E-state index contributed by atoms with van der Waals surface area (Å²) >= 11 is 0. The molecule has 30 heavy (non-hydrogen) atoms. The summed E-state index contributed by atoms with van der Waals surface area (Å²) < 4.78 is 11.9. The van der Waals surface area contributed by atoms with Crippen molar-refractivity contribution < 1.29 is 29.6 Å². The molecular formula is C24H34O6. The molecule has 1 aromatic rings. The SMILES string of the molecule is O=C(O)CCC1CC12CC[C@@H]1[C@@H](CC[C@@H](O)COc3ccccc3)[C@H](O)C[C@@H]1OC2. The summed E-state index contributed by atoms with van der Waals surface area (Å²) in [6.45, 7) is 0.956. The quantitative estimate of drug-likeness (QED) is 0.570. The number of carboxylic acid groups (broad SMARTS) is 1.